The van der Waals surface area contributed by atoms with Crippen molar-refractivity contribution in [2.75, 3.05) is 5.32 Å². The number of hydrogen-bond acceptors (Lipinski definition) is 3. The number of halogens is 1. The van der Waals surface area contributed by atoms with E-state index in [0.29, 0.717) is 5.69 Å². The van der Waals surface area contributed by atoms with E-state index in [1.54, 1.807) is 12.1 Å². The Hall–Kier alpha value is -1.49. The van der Waals surface area contributed by atoms with Gasteiger partial charge in [0.1, 0.15) is 11.8 Å². The molecule has 0 aromatic heterocycles. The summed E-state index contributed by atoms with van der Waals surface area (Å²) in [4.78, 5) is 11.3. The second-order valence-electron chi connectivity index (χ2n) is 4.67. The molecule has 0 bridgehead atoms. The number of rotatable bonds is 1. The lowest BCUT2D eigenvalue weighted by Gasteiger charge is -2.35. The first-order valence-corrected chi connectivity index (χ1v) is 6.56. The molecule has 0 radical (unpaired) electrons. The molecular formula is C13H12BrNO3. The highest BCUT2D eigenvalue weighted by Gasteiger charge is 2.42. The smallest absolute Gasteiger partial charge is 0.326 e. The summed E-state index contributed by atoms with van der Waals surface area (Å²) in [6.45, 7) is 0. The highest BCUT2D eigenvalue weighted by atomic mass is 79.9. The molecule has 18 heavy (non-hydrogen) atoms. The van der Waals surface area contributed by atoms with Crippen LogP contribution < -0.4 is 5.32 Å². The lowest BCUT2D eigenvalue weighted by atomic mass is 9.79. The first-order chi connectivity index (χ1) is 8.59. The number of carboxylic acid groups (broad SMARTS) is 1. The van der Waals surface area contributed by atoms with E-state index in [-0.39, 0.29) is 17.6 Å². The number of benzene rings is 1. The van der Waals surface area contributed by atoms with E-state index in [2.05, 4.69) is 21.2 Å². The number of phenols is 1. The Bertz CT molecular complexity index is 555. The third-order valence-electron chi connectivity index (χ3n) is 3.71. The zero-order valence-electron chi connectivity index (χ0n) is 9.43. The minimum Gasteiger partial charge on any atom is -0.506 e. The van der Waals surface area contributed by atoms with Crippen molar-refractivity contribution in [3.05, 3.63) is 34.3 Å². The third kappa shape index (κ3) is 1.54. The second-order valence-corrected chi connectivity index (χ2v) is 5.52. The monoisotopic (exact) mass is 309 g/mol. The number of aliphatic carboxylic acids is 1. The fourth-order valence-corrected chi connectivity index (χ4v) is 3.49. The molecule has 3 atom stereocenters. The molecular weight excluding hydrogens is 298 g/mol. The number of hydrogen-bond donors (Lipinski definition) is 3. The molecule has 0 saturated heterocycles. The highest BCUT2D eigenvalue weighted by Crippen LogP contribution is 2.50. The molecule has 0 amide bonds. The van der Waals surface area contributed by atoms with Gasteiger partial charge < -0.3 is 15.5 Å². The van der Waals surface area contributed by atoms with Crippen molar-refractivity contribution in [1.82, 2.24) is 0 Å². The largest absolute Gasteiger partial charge is 0.506 e. The average Bonchev–Trinajstić information content (AvgIpc) is 2.81. The molecule has 4 nitrogen and oxygen atoms in total. The van der Waals surface area contributed by atoms with E-state index < -0.39 is 12.0 Å². The van der Waals surface area contributed by atoms with Crippen LogP contribution >= 0.6 is 15.9 Å². The molecule has 1 aliphatic carbocycles. The van der Waals surface area contributed by atoms with E-state index in [0.717, 1.165) is 16.5 Å². The van der Waals surface area contributed by atoms with Crippen LogP contribution in [-0.2, 0) is 4.79 Å². The number of fused-ring (bicyclic) bond motifs is 3. The highest BCUT2D eigenvalue weighted by molar-refractivity contribution is 9.10. The van der Waals surface area contributed by atoms with Gasteiger partial charge in [-0.1, -0.05) is 28.1 Å². The van der Waals surface area contributed by atoms with Crippen LogP contribution in [0.5, 0.6) is 5.75 Å². The number of anilines is 1. The van der Waals surface area contributed by atoms with Gasteiger partial charge in [0.25, 0.3) is 0 Å². The Balaban J connectivity index is 2.17. The van der Waals surface area contributed by atoms with Crippen molar-refractivity contribution in [1.29, 1.82) is 0 Å². The lowest BCUT2D eigenvalue weighted by Crippen LogP contribution is -2.42. The zero-order valence-corrected chi connectivity index (χ0v) is 11.0. The minimum absolute atomic E-state index is 0.00750. The van der Waals surface area contributed by atoms with Crippen molar-refractivity contribution in [2.45, 2.75) is 18.4 Å². The van der Waals surface area contributed by atoms with Crippen LogP contribution in [0.15, 0.2) is 28.8 Å². The summed E-state index contributed by atoms with van der Waals surface area (Å²) in [5.74, 6) is -0.728. The molecule has 0 saturated carbocycles. The third-order valence-corrected chi connectivity index (χ3v) is 4.40. The van der Waals surface area contributed by atoms with Gasteiger partial charge in [-0.25, -0.2) is 4.79 Å². The van der Waals surface area contributed by atoms with Gasteiger partial charge >= 0.3 is 5.97 Å². The summed E-state index contributed by atoms with van der Waals surface area (Å²) >= 11 is 3.48. The van der Waals surface area contributed by atoms with Crippen LogP contribution in [0.2, 0.25) is 0 Å². The number of nitrogens with one attached hydrogen (secondary N) is 1. The maximum atomic E-state index is 11.3. The predicted molar refractivity (Wildman–Crippen MR) is 70.8 cm³/mol. The SMILES string of the molecule is O=C(O)[C@@H]1Nc2c(O)ccc(Br)c2[C@H]2C=CC[C@@H]21. The van der Waals surface area contributed by atoms with Crippen LogP contribution in [0.1, 0.15) is 17.9 Å². The van der Waals surface area contributed by atoms with Gasteiger partial charge in [0.05, 0.1) is 5.69 Å². The molecule has 3 N–H and O–H groups in total. The number of phenolic OH excluding ortho intramolecular Hbond substituents is 1. The fourth-order valence-electron chi connectivity index (χ4n) is 2.89. The van der Waals surface area contributed by atoms with Gasteiger partial charge in [0.2, 0.25) is 0 Å². The zero-order chi connectivity index (χ0) is 12.9. The Morgan fingerprint density at radius 2 is 2.22 bits per heavy atom. The topological polar surface area (TPSA) is 69.6 Å². The van der Waals surface area contributed by atoms with Crippen LogP contribution in [-0.4, -0.2) is 22.2 Å². The van der Waals surface area contributed by atoms with Crippen molar-refractivity contribution < 1.29 is 15.0 Å². The molecule has 0 unspecified atom stereocenters. The Labute approximate surface area is 112 Å². The van der Waals surface area contributed by atoms with Gasteiger partial charge in [-0.05, 0) is 18.6 Å². The summed E-state index contributed by atoms with van der Waals surface area (Å²) in [6.07, 6.45) is 4.79. The van der Waals surface area contributed by atoms with Crippen LogP contribution in [0.25, 0.3) is 0 Å². The number of allylic oxidation sites excluding steroid dienone is 2. The number of carbonyl (C=O) groups is 1. The van der Waals surface area contributed by atoms with Crippen LogP contribution in [0.4, 0.5) is 5.69 Å². The predicted octanol–water partition coefficient (Wildman–Crippen LogP) is 2.69. The van der Waals surface area contributed by atoms with Gasteiger partial charge in [0, 0.05) is 21.9 Å². The van der Waals surface area contributed by atoms with Crippen molar-refractivity contribution in [3.8, 4) is 5.75 Å². The maximum absolute atomic E-state index is 11.3. The molecule has 0 fully saturated rings. The van der Waals surface area contributed by atoms with E-state index in [9.17, 15) is 15.0 Å². The lowest BCUT2D eigenvalue weighted by molar-refractivity contribution is -0.139. The Kier molecular flexibility index (Phi) is 2.59. The Morgan fingerprint density at radius 3 is 2.94 bits per heavy atom. The van der Waals surface area contributed by atoms with Crippen LogP contribution in [0.3, 0.4) is 0 Å². The average molecular weight is 310 g/mol. The van der Waals surface area contributed by atoms with E-state index in [1.165, 1.54) is 0 Å². The first kappa shape index (κ1) is 11.6. The van der Waals surface area contributed by atoms with Gasteiger partial charge in [-0.3, -0.25) is 0 Å². The van der Waals surface area contributed by atoms with Gasteiger partial charge in [-0.15, -0.1) is 0 Å². The second kappa shape index (κ2) is 4.02. The van der Waals surface area contributed by atoms with Crippen molar-refractivity contribution in [2.24, 2.45) is 5.92 Å². The van der Waals surface area contributed by atoms with Crippen molar-refractivity contribution >= 4 is 27.6 Å². The number of carboxylic acids is 1. The number of aromatic hydroxyl groups is 1. The molecule has 1 aromatic carbocycles. The molecule has 0 spiro atoms. The molecule has 1 aromatic rings. The first-order valence-electron chi connectivity index (χ1n) is 5.77. The van der Waals surface area contributed by atoms with Crippen LogP contribution in [0, 0.1) is 5.92 Å². The van der Waals surface area contributed by atoms with E-state index in [1.807, 2.05) is 12.2 Å². The van der Waals surface area contributed by atoms with E-state index in [4.69, 9.17) is 0 Å². The standard InChI is InChI=1S/C13H12BrNO3/c14-8-4-5-9(16)12-10(8)6-2-1-3-7(6)11(15-12)13(17)18/h1-2,4-7,11,15-16H,3H2,(H,17,18)/t6-,7-,11+/m0/s1. The van der Waals surface area contributed by atoms with Gasteiger partial charge in [0.15, 0.2) is 0 Å². The molecule has 94 valence electrons. The normalized spacial score (nSPS) is 28.4. The maximum Gasteiger partial charge on any atom is 0.326 e. The van der Waals surface area contributed by atoms with E-state index >= 15 is 0 Å². The summed E-state index contributed by atoms with van der Waals surface area (Å²) < 4.78 is 0.896. The molecule has 1 heterocycles. The molecule has 1 aliphatic heterocycles. The molecule has 3 rings (SSSR count). The summed E-state index contributed by atoms with van der Waals surface area (Å²) in [5, 5.41) is 22.1. The fraction of sp³-hybridized carbons (Fsp3) is 0.308. The van der Waals surface area contributed by atoms with Crippen molar-refractivity contribution in [3.63, 3.8) is 0 Å². The summed E-state index contributed by atoms with van der Waals surface area (Å²) in [7, 11) is 0. The van der Waals surface area contributed by atoms with Gasteiger partial charge in [-0.2, -0.15) is 0 Å². The molecule has 5 heteroatoms. The molecule has 2 aliphatic rings. The Morgan fingerprint density at radius 1 is 1.44 bits per heavy atom. The quantitative estimate of drug-likeness (QED) is 0.551. The summed E-state index contributed by atoms with van der Waals surface area (Å²) in [5.41, 5.74) is 1.48. The summed E-state index contributed by atoms with van der Waals surface area (Å²) in [6, 6.07) is 2.70. The minimum atomic E-state index is -0.876.